The van der Waals surface area contributed by atoms with Gasteiger partial charge < -0.3 is 8.92 Å². The fourth-order valence-corrected chi connectivity index (χ4v) is 2.36. The molecule has 0 spiro atoms. The number of ether oxygens (including phenoxy) is 1. The zero-order chi connectivity index (χ0) is 14.0. The van der Waals surface area contributed by atoms with E-state index in [4.69, 9.17) is 4.74 Å². The van der Waals surface area contributed by atoms with E-state index < -0.39 is 27.1 Å². The Morgan fingerprint density at radius 2 is 1.95 bits per heavy atom. The van der Waals surface area contributed by atoms with Crippen LogP contribution >= 0.6 is 0 Å². The first kappa shape index (κ1) is 13.6. The van der Waals surface area contributed by atoms with Crippen molar-refractivity contribution in [2.75, 3.05) is 6.26 Å². The number of sulfone groups is 1. The third-order valence-electron chi connectivity index (χ3n) is 2.14. The maximum Gasteiger partial charge on any atom is 0.345 e. The summed E-state index contributed by atoms with van der Waals surface area (Å²) in [6, 6.07) is 5.23. The third-order valence-corrected chi connectivity index (χ3v) is 3.90. The second-order valence-corrected chi connectivity index (χ2v) is 6.47. The van der Waals surface area contributed by atoms with E-state index in [2.05, 4.69) is 8.91 Å². The van der Waals surface area contributed by atoms with Crippen molar-refractivity contribution in [2.45, 2.75) is 4.90 Å². The van der Waals surface area contributed by atoms with Crippen molar-refractivity contribution in [1.82, 2.24) is 4.72 Å². The summed E-state index contributed by atoms with van der Waals surface area (Å²) in [5.74, 6) is -0.956. The van der Waals surface area contributed by atoms with Gasteiger partial charge in [0.15, 0.2) is 9.84 Å². The van der Waals surface area contributed by atoms with Gasteiger partial charge in [0.2, 0.25) is 0 Å². The average molecular weight is 303 g/mol. The Balaban J connectivity index is 2.10. The molecule has 9 heteroatoms. The van der Waals surface area contributed by atoms with Crippen LogP contribution in [0.15, 0.2) is 41.3 Å². The lowest BCUT2D eigenvalue weighted by atomic mass is 10.2. The van der Waals surface area contributed by atoms with Crippen LogP contribution < -0.4 is 4.72 Å². The van der Waals surface area contributed by atoms with Gasteiger partial charge in [0.05, 0.1) is 16.7 Å². The van der Waals surface area contributed by atoms with Crippen LogP contribution in [0.2, 0.25) is 0 Å². The number of hydrogen-bond donors (Lipinski definition) is 1. The Kier molecular flexibility index (Phi) is 3.58. The number of nitrogens with one attached hydrogen (secondary N) is 1. The summed E-state index contributed by atoms with van der Waals surface area (Å²) in [4.78, 5) is 11.7. The van der Waals surface area contributed by atoms with Crippen molar-refractivity contribution in [3.05, 3.63) is 42.0 Å². The highest BCUT2D eigenvalue weighted by Gasteiger charge is 2.19. The highest BCUT2D eigenvalue weighted by atomic mass is 32.2. The SMILES string of the molecule is CS(=O)(=O)c1ccc(C(=O)OC2=CNS(=O)O2)cc1. The zero-order valence-corrected chi connectivity index (χ0v) is 11.3. The second kappa shape index (κ2) is 5.02. The van der Waals surface area contributed by atoms with Crippen molar-refractivity contribution < 1.29 is 26.3 Å². The summed E-state index contributed by atoms with van der Waals surface area (Å²) in [6.07, 6.45) is 2.22. The van der Waals surface area contributed by atoms with E-state index in [0.717, 1.165) is 12.5 Å². The molecule has 102 valence electrons. The van der Waals surface area contributed by atoms with Crippen LogP contribution in [0.4, 0.5) is 0 Å². The van der Waals surface area contributed by atoms with Gasteiger partial charge in [-0.1, -0.05) is 0 Å². The molecule has 1 unspecified atom stereocenters. The topological polar surface area (TPSA) is 98.8 Å². The van der Waals surface area contributed by atoms with E-state index >= 15 is 0 Å². The fraction of sp³-hybridized carbons (Fsp3) is 0.100. The zero-order valence-electron chi connectivity index (χ0n) is 9.65. The van der Waals surface area contributed by atoms with Gasteiger partial charge >= 0.3 is 23.2 Å². The summed E-state index contributed by atoms with van der Waals surface area (Å²) in [6.45, 7) is 0. The Morgan fingerprint density at radius 1 is 1.32 bits per heavy atom. The maximum absolute atomic E-state index is 11.6. The number of benzene rings is 1. The Morgan fingerprint density at radius 3 is 2.42 bits per heavy atom. The van der Waals surface area contributed by atoms with Gasteiger partial charge in [0.1, 0.15) is 0 Å². The molecule has 1 N–H and O–H groups in total. The van der Waals surface area contributed by atoms with E-state index in [-0.39, 0.29) is 16.4 Å². The van der Waals surface area contributed by atoms with Gasteiger partial charge in [0, 0.05) is 6.26 Å². The number of esters is 1. The molecule has 1 aromatic carbocycles. The molecule has 0 saturated carbocycles. The lowest BCUT2D eigenvalue weighted by Crippen LogP contribution is -2.06. The summed E-state index contributed by atoms with van der Waals surface area (Å²) in [7, 11) is -3.31. The van der Waals surface area contributed by atoms with Crippen LogP contribution in [0.3, 0.4) is 0 Å². The molecular weight excluding hydrogens is 294 g/mol. The first-order valence-corrected chi connectivity index (χ1v) is 7.91. The van der Waals surface area contributed by atoms with Gasteiger partial charge in [0.25, 0.3) is 0 Å². The lowest BCUT2D eigenvalue weighted by molar-refractivity contribution is 0.0501. The Hall–Kier alpha value is -1.87. The summed E-state index contributed by atoms with van der Waals surface area (Å²) in [5, 5.41) is 0. The molecule has 0 aromatic heterocycles. The lowest BCUT2D eigenvalue weighted by Gasteiger charge is -2.03. The van der Waals surface area contributed by atoms with Gasteiger partial charge in [-0.15, -0.1) is 0 Å². The molecule has 7 nitrogen and oxygen atoms in total. The van der Waals surface area contributed by atoms with Gasteiger partial charge in [-0.05, 0) is 24.3 Å². The molecule has 0 bridgehead atoms. The molecule has 2 rings (SSSR count). The summed E-state index contributed by atoms with van der Waals surface area (Å²) in [5.41, 5.74) is 0.148. The molecular formula is C10H9NO6S2. The predicted molar refractivity (Wildman–Crippen MR) is 65.4 cm³/mol. The van der Waals surface area contributed by atoms with Crippen LogP contribution in [0.5, 0.6) is 0 Å². The number of carbonyl (C=O) groups is 1. The van der Waals surface area contributed by atoms with E-state index in [1.807, 2.05) is 0 Å². The summed E-state index contributed by atoms with van der Waals surface area (Å²) >= 11 is -1.74. The van der Waals surface area contributed by atoms with Crippen molar-refractivity contribution in [1.29, 1.82) is 0 Å². The van der Waals surface area contributed by atoms with Crippen LogP contribution in [0.25, 0.3) is 0 Å². The highest BCUT2D eigenvalue weighted by molar-refractivity contribution is 7.90. The van der Waals surface area contributed by atoms with Gasteiger partial charge in [-0.3, -0.25) is 4.72 Å². The molecule has 0 fully saturated rings. The van der Waals surface area contributed by atoms with E-state index in [9.17, 15) is 17.4 Å². The quantitative estimate of drug-likeness (QED) is 0.803. The molecule has 0 aliphatic carbocycles. The second-order valence-electron chi connectivity index (χ2n) is 3.59. The molecule has 0 amide bonds. The Bertz CT molecular complexity index is 662. The van der Waals surface area contributed by atoms with E-state index in [1.165, 1.54) is 24.3 Å². The smallest absolute Gasteiger partial charge is 0.345 e. The van der Waals surface area contributed by atoms with Crippen molar-refractivity contribution >= 4 is 27.1 Å². The molecule has 0 radical (unpaired) electrons. The number of rotatable bonds is 3. The summed E-state index contributed by atoms with van der Waals surface area (Å²) < 4.78 is 45.0. The number of carbonyl (C=O) groups excluding carboxylic acids is 1. The molecule has 1 aliphatic heterocycles. The number of hydrogen-bond acceptors (Lipinski definition) is 6. The molecule has 1 aliphatic rings. The monoisotopic (exact) mass is 303 g/mol. The minimum atomic E-state index is -3.31. The molecule has 1 atom stereocenters. The van der Waals surface area contributed by atoms with Gasteiger partial charge in [-0.25, -0.2) is 13.2 Å². The maximum atomic E-state index is 11.6. The van der Waals surface area contributed by atoms with Crippen LogP contribution in [0.1, 0.15) is 10.4 Å². The van der Waals surface area contributed by atoms with Crippen molar-refractivity contribution in [3.8, 4) is 0 Å². The first-order chi connectivity index (χ1) is 8.86. The van der Waals surface area contributed by atoms with Gasteiger partial charge in [-0.2, -0.15) is 4.21 Å². The highest BCUT2D eigenvalue weighted by Crippen LogP contribution is 2.14. The molecule has 1 heterocycles. The predicted octanol–water partition coefficient (Wildman–Crippen LogP) is 0.244. The average Bonchev–Trinajstić information content (AvgIpc) is 2.74. The van der Waals surface area contributed by atoms with E-state index in [0.29, 0.717) is 0 Å². The molecule has 0 saturated heterocycles. The van der Waals surface area contributed by atoms with Crippen LogP contribution in [-0.2, 0) is 30.0 Å². The first-order valence-electron chi connectivity index (χ1n) is 4.95. The third kappa shape index (κ3) is 3.32. The normalized spacial score (nSPS) is 18.2. The molecule has 19 heavy (non-hydrogen) atoms. The fourth-order valence-electron chi connectivity index (χ4n) is 1.25. The van der Waals surface area contributed by atoms with Crippen molar-refractivity contribution in [3.63, 3.8) is 0 Å². The minimum absolute atomic E-state index is 0.100. The molecule has 1 aromatic rings. The standard InChI is InChI=1S/C10H9NO6S2/c1-19(14,15)8-4-2-7(3-5-8)10(12)16-9-6-11-18(13)17-9/h2-6,11H,1H3. The van der Waals surface area contributed by atoms with Crippen LogP contribution in [0, 0.1) is 0 Å². The van der Waals surface area contributed by atoms with Crippen molar-refractivity contribution in [2.24, 2.45) is 0 Å². The van der Waals surface area contributed by atoms with Crippen LogP contribution in [-0.4, -0.2) is 24.9 Å². The minimum Gasteiger partial charge on any atom is -0.387 e. The van der Waals surface area contributed by atoms with E-state index in [1.54, 1.807) is 0 Å². The Labute approximate surface area is 111 Å². The largest absolute Gasteiger partial charge is 0.387 e.